The zero-order valence-electron chi connectivity index (χ0n) is 9.79. The highest BCUT2D eigenvalue weighted by Gasteiger charge is 2.37. The molecule has 1 aliphatic heterocycles. The van der Waals surface area contributed by atoms with Gasteiger partial charge in [-0.05, 0) is 23.8 Å². The van der Waals surface area contributed by atoms with Gasteiger partial charge < -0.3 is 9.64 Å². The third-order valence-corrected chi connectivity index (χ3v) is 3.36. The number of rotatable bonds is 1. The summed E-state index contributed by atoms with van der Waals surface area (Å²) < 4.78 is 5.26. The number of nitrogens with zero attached hydrogens (tertiary/aromatic N) is 1. The molecule has 0 aromatic heterocycles. The van der Waals surface area contributed by atoms with Crippen LogP contribution in [0.15, 0.2) is 30.5 Å². The summed E-state index contributed by atoms with van der Waals surface area (Å²) in [6.45, 7) is 8.53. The Hall–Kier alpha value is -1.44. The lowest BCUT2D eigenvalue weighted by Gasteiger charge is -2.22. The van der Waals surface area contributed by atoms with E-state index in [1.807, 2.05) is 6.07 Å². The molecule has 0 fully saturated rings. The minimum absolute atomic E-state index is 0.00137. The first-order chi connectivity index (χ1) is 6.98. The normalized spacial score (nSPS) is 17.9. The monoisotopic (exact) mass is 203 g/mol. The first-order valence-electron chi connectivity index (χ1n) is 5.10. The lowest BCUT2D eigenvalue weighted by molar-refractivity contribution is 0.413. The second-order valence-electron chi connectivity index (χ2n) is 4.51. The minimum atomic E-state index is -0.00137. The summed E-state index contributed by atoms with van der Waals surface area (Å²) in [5, 5.41) is 0. The van der Waals surface area contributed by atoms with E-state index in [-0.39, 0.29) is 5.41 Å². The summed E-state index contributed by atoms with van der Waals surface area (Å²) in [5.74, 6) is 0.907. The van der Waals surface area contributed by atoms with Crippen LogP contribution < -0.4 is 9.64 Å². The number of hydrogen-bond donors (Lipinski definition) is 0. The third-order valence-electron chi connectivity index (χ3n) is 3.36. The number of methoxy groups -OCH3 is 1. The van der Waals surface area contributed by atoms with Gasteiger partial charge in [-0.25, -0.2) is 0 Å². The Balaban J connectivity index is 2.62. The number of allylic oxidation sites excluding steroid dienone is 1. The Morgan fingerprint density at radius 1 is 1.33 bits per heavy atom. The fourth-order valence-corrected chi connectivity index (χ4v) is 2.16. The molecule has 15 heavy (non-hydrogen) atoms. The third kappa shape index (κ3) is 1.24. The SMILES string of the molecule is C=C1N(C)c2ccc(OC)cc2C1(C)C. The Morgan fingerprint density at radius 2 is 2.00 bits per heavy atom. The highest BCUT2D eigenvalue weighted by Crippen LogP contribution is 2.47. The number of likely N-dealkylation sites (N-methyl/N-ethyl adjacent to an activating group) is 1. The Morgan fingerprint density at radius 3 is 2.60 bits per heavy atom. The summed E-state index contributed by atoms with van der Waals surface area (Å²) in [6, 6.07) is 6.18. The molecule has 1 aliphatic rings. The van der Waals surface area contributed by atoms with E-state index in [2.05, 4.69) is 44.5 Å². The number of ether oxygens (including phenoxy) is 1. The fraction of sp³-hybridized carbons (Fsp3) is 0.385. The zero-order valence-corrected chi connectivity index (χ0v) is 9.79. The second-order valence-corrected chi connectivity index (χ2v) is 4.51. The first kappa shape index (κ1) is 10.1. The van der Waals surface area contributed by atoms with Gasteiger partial charge in [0.1, 0.15) is 5.75 Å². The lowest BCUT2D eigenvalue weighted by Crippen LogP contribution is -2.21. The van der Waals surface area contributed by atoms with Crippen LogP contribution in [-0.2, 0) is 5.41 Å². The van der Waals surface area contributed by atoms with E-state index < -0.39 is 0 Å². The van der Waals surface area contributed by atoms with Gasteiger partial charge in [-0.3, -0.25) is 0 Å². The van der Waals surface area contributed by atoms with Crippen LogP contribution in [-0.4, -0.2) is 14.2 Å². The van der Waals surface area contributed by atoms with E-state index in [0.29, 0.717) is 0 Å². The average molecular weight is 203 g/mol. The molecule has 0 bridgehead atoms. The van der Waals surface area contributed by atoms with Crippen molar-refractivity contribution < 1.29 is 4.74 Å². The first-order valence-corrected chi connectivity index (χ1v) is 5.10. The molecule has 1 heterocycles. The Labute approximate surface area is 91.2 Å². The summed E-state index contributed by atoms with van der Waals surface area (Å²) in [4.78, 5) is 2.15. The summed E-state index contributed by atoms with van der Waals surface area (Å²) >= 11 is 0. The summed E-state index contributed by atoms with van der Waals surface area (Å²) in [6.07, 6.45) is 0. The highest BCUT2D eigenvalue weighted by atomic mass is 16.5. The summed E-state index contributed by atoms with van der Waals surface area (Å²) in [7, 11) is 3.75. The molecular weight excluding hydrogens is 186 g/mol. The number of benzene rings is 1. The second kappa shape index (κ2) is 3.02. The molecule has 0 amide bonds. The predicted octanol–water partition coefficient (Wildman–Crippen LogP) is 2.94. The van der Waals surface area contributed by atoms with Gasteiger partial charge in [-0.1, -0.05) is 20.4 Å². The molecule has 1 aromatic carbocycles. The molecule has 2 rings (SSSR count). The summed E-state index contributed by atoms with van der Waals surface area (Å²) in [5.41, 5.74) is 3.64. The highest BCUT2D eigenvalue weighted by molar-refractivity contribution is 5.70. The van der Waals surface area contributed by atoms with E-state index in [1.165, 1.54) is 11.3 Å². The standard InChI is InChI=1S/C13H17NO/c1-9-13(2,3)11-8-10(15-5)6-7-12(11)14(9)4/h6-8H,1H2,2-5H3. The number of fused-ring (bicyclic) bond motifs is 1. The van der Waals surface area contributed by atoms with Crippen molar-refractivity contribution in [3.8, 4) is 5.75 Å². The van der Waals surface area contributed by atoms with Gasteiger partial charge in [0.15, 0.2) is 0 Å². The van der Waals surface area contributed by atoms with Crippen molar-refractivity contribution in [1.82, 2.24) is 0 Å². The lowest BCUT2D eigenvalue weighted by atomic mass is 9.84. The van der Waals surface area contributed by atoms with Gasteiger partial charge in [-0.15, -0.1) is 0 Å². The Kier molecular flexibility index (Phi) is 2.03. The molecule has 0 aliphatic carbocycles. The van der Waals surface area contributed by atoms with E-state index in [4.69, 9.17) is 4.74 Å². The van der Waals surface area contributed by atoms with Crippen LogP contribution in [0.4, 0.5) is 5.69 Å². The predicted molar refractivity (Wildman–Crippen MR) is 63.6 cm³/mol. The largest absolute Gasteiger partial charge is 0.497 e. The maximum absolute atomic E-state index is 5.26. The minimum Gasteiger partial charge on any atom is -0.497 e. The zero-order chi connectivity index (χ0) is 11.2. The van der Waals surface area contributed by atoms with E-state index in [1.54, 1.807) is 7.11 Å². The van der Waals surface area contributed by atoms with Crippen LogP contribution in [0.1, 0.15) is 19.4 Å². The molecule has 0 saturated carbocycles. The van der Waals surface area contributed by atoms with Crippen LogP contribution >= 0.6 is 0 Å². The van der Waals surface area contributed by atoms with Crippen molar-refractivity contribution >= 4 is 5.69 Å². The van der Waals surface area contributed by atoms with Crippen molar-refractivity contribution in [2.24, 2.45) is 0 Å². The Bertz CT molecular complexity index is 421. The van der Waals surface area contributed by atoms with E-state index in [0.717, 1.165) is 11.4 Å². The molecule has 2 heteroatoms. The van der Waals surface area contributed by atoms with Crippen molar-refractivity contribution in [2.45, 2.75) is 19.3 Å². The molecule has 80 valence electrons. The molecular formula is C13H17NO. The van der Waals surface area contributed by atoms with Crippen molar-refractivity contribution in [2.75, 3.05) is 19.1 Å². The smallest absolute Gasteiger partial charge is 0.119 e. The van der Waals surface area contributed by atoms with Crippen LogP contribution in [0.2, 0.25) is 0 Å². The molecule has 0 N–H and O–H groups in total. The van der Waals surface area contributed by atoms with Crippen molar-refractivity contribution in [3.05, 3.63) is 36.0 Å². The van der Waals surface area contributed by atoms with Crippen LogP contribution in [0, 0.1) is 0 Å². The topological polar surface area (TPSA) is 12.5 Å². The fourth-order valence-electron chi connectivity index (χ4n) is 2.16. The van der Waals surface area contributed by atoms with E-state index in [9.17, 15) is 0 Å². The number of hydrogen-bond acceptors (Lipinski definition) is 2. The molecule has 1 aromatic rings. The average Bonchev–Trinajstić information content (AvgIpc) is 2.40. The van der Waals surface area contributed by atoms with Gasteiger partial charge in [-0.2, -0.15) is 0 Å². The molecule has 0 unspecified atom stereocenters. The van der Waals surface area contributed by atoms with Gasteiger partial charge in [0.25, 0.3) is 0 Å². The molecule has 0 radical (unpaired) electrons. The molecule has 0 atom stereocenters. The number of anilines is 1. The van der Waals surface area contributed by atoms with Crippen molar-refractivity contribution in [3.63, 3.8) is 0 Å². The van der Waals surface area contributed by atoms with Crippen LogP contribution in [0.25, 0.3) is 0 Å². The van der Waals surface area contributed by atoms with Crippen LogP contribution in [0.3, 0.4) is 0 Å². The van der Waals surface area contributed by atoms with Gasteiger partial charge in [0.05, 0.1) is 7.11 Å². The maximum atomic E-state index is 5.26. The quantitative estimate of drug-likeness (QED) is 0.695. The van der Waals surface area contributed by atoms with Crippen LogP contribution in [0.5, 0.6) is 5.75 Å². The van der Waals surface area contributed by atoms with Gasteiger partial charge in [0.2, 0.25) is 0 Å². The molecule has 0 saturated heterocycles. The van der Waals surface area contributed by atoms with E-state index >= 15 is 0 Å². The van der Waals surface area contributed by atoms with Gasteiger partial charge in [0, 0.05) is 23.8 Å². The molecule has 0 spiro atoms. The molecule has 2 nitrogen and oxygen atoms in total. The van der Waals surface area contributed by atoms with Gasteiger partial charge >= 0.3 is 0 Å². The van der Waals surface area contributed by atoms with Crippen molar-refractivity contribution in [1.29, 1.82) is 0 Å². The maximum Gasteiger partial charge on any atom is 0.119 e.